The maximum atomic E-state index is 11.4. The van der Waals surface area contributed by atoms with Crippen molar-refractivity contribution in [2.24, 2.45) is 5.92 Å². The van der Waals surface area contributed by atoms with Gasteiger partial charge in [-0.3, -0.25) is 4.79 Å². The highest BCUT2D eigenvalue weighted by molar-refractivity contribution is 6.30. The zero-order chi connectivity index (χ0) is 13.8. The summed E-state index contributed by atoms with van der Waals surface area (Å²) in [6.07, 6.45) is 0. The molecule has 2 aromatic rings. The molecule has 0 fully saturated rings. The molecular formula is C13H14ClN3O2. The number of benzene rings is 1. The molecule has 1 aromatic heterocycles. The number of hydrogen-bond donors (Lipinski definition) is 1. The Bertz CT molecular complexity index is 564. The van der Waals surface area contributed by atoms with E-state index < -0.39 is 0 Å². The van der Waals surface area contributed by atoms with Crippen LogP contribution in [-0.2, 0) is 11.3 Å². The largest absolute Gasteiger partial charge is 0.419 e. The van der Waals surface area contributed by atoms with Crippen molar-refractivity contribution in [2.75, 3.05) is 0 Å². The maximum absolute atomic E-state index is 11.4. The molecule has 0 atom stereocenters. The highest BCUT2D eigenvalue weighted by Crippen LogP contribution is 2.20. The van der Waals surface area contributed by atoms with Gasteiger partial charge in [0, 0.05) is 16.5 Å². The van der Waals surface area contributed by atoms with E-state index in [-0.39, 0.29) is 18.4 Å². The number of carbonyl (C=O) groups is 1. The predicted molar refractivity (Wildman–Crippen MR) is 71.4 cm³/mol. The molecule has 1 heterocycles. The second-order valence-corrected chi connectivity index (χ2v) is 4.82. The molecule has 100 valence electrons. The molecule has 0 saturated heterocycles. The lowest BCUT2D eigenvalue weighted by atomic mass is 10.2. The fourth-order valence-electron chi connectivity index (χ4n) is 1.40. The molecule has 0 saturated carbocycles. The van der Waals surface area contributed by atoms with Crippen molar-refractivity contribution < 1.29 is 9.21 Å². The molecule has 6 heteroatoms. The lowest BCUT2D eigenvalue weighted by molar-refractivity contribution is -0.124. The number of hydrogen-bond acceptors (Lipinski definition) is 4. The second-order valence-electron chi connectivity index (χ2n) is 4.38. The molecule has 1 amide bonds. The summed E-state index contributed by atoms with van der Waals surface area (Å²) < 4.78 is 5.46. The molecular weight excluding hydrogens is 266 g/mol. The number of nitrogens with zero attached hydrogens (tertiary/aromatic N) is 2. The molecule has 0 aliphatic carbocycles. The Balaban J connectivity index is 2.03. The first-order valence-electron chi connectivity index (χ1n) is 5.92. The Hall–Kier alpha value is -1.88. The van der Waals surface area contributed by atoms with Gasteiger partial charge < -0.3 is 9.73 Å². The number of amides is 1. The van der Waals surface area contributed by atoms with Crippen molar-refractivity contribution in [2.45, 2.75) is 20.4 Å². The molecule has 0 unspecified atom stereocenters. The Labute approximate surface area is 116 Å². The van der Waals surface area contributed by atoms with Crippen LogP contribution in [0.15, 0.2) is 28.7 Å². The summed E-state index contributed by atoms with van der Waals surface area (Å²) in [7, 11) is 0. The van der Waals surface area contributed by atoms with Gasteiger partial charge in [-0.05, 0) is 24.3 Å². The Kier molecular flexibility index (Phi) is 4.16. The lowest BCUT2D eigenvalue weighted by Crippen LogP contribution is -2.27. The van der Waals surface area contributed by atoms with Crippen molar-refractivity contribution >= 4 is 17.5 Å². The van der Waals surface area contributed by atoms with Crippen LogP contribution < -0.4 is 5.32 Å². The van der Waals surface area contributed by atoms with Gasteiger partial charge in [-0.15, -0.1) is 10.2 Å². The van der Waals surface area contributed by atoms with Crippen molar-refractivity contribution in [1.29, 1.82) is 0 Å². The van der Waals surface area contributed by atoms with Crippen LogP contribution >= 0.6 is 11.6 Å². The first kappa shape index (κ1) is 13.5. The van der Waals surface area contributed by atoms with Crippen LogP contribution in [0.4, 0.5) is 0 Å². The van der Waals surface area contributed by atoms with Crippen LogP contribution in [-0.4, -0.2) is 16.1 Å². The molecule has 1 aromatic carbocycles. The van der Waals surface area contributed by atoms with Gasteiger partial charge in [0.15, 0.2) is 0 Å². The van der Waals surface area contributed by atoms with E-state index in [1.807, 2.05) is 13.8 Å². The van der Waals surface area contributed by atoms with E-state index in [1.54, 1.807) is 24.3 Å². The summed E-state index contributed by atoms with van der Waals surface area (Å²) in [6.45, 7) is 3.88. The zero-order valence-electron chi connectivity index (χ0n) is 10.7. The van der Waals surface area contributed by atoms with Crippen LogP contribution in [0.1, 0.15) is 19.7 Å². The smallest absolute Gasteiger partial charge is 0.247 e. The van der Waals surface area contributed by atoms with E-state index in [2.05, 4.69) is 15.5 Å². The van der Waals surface area contributed by atoms with Gasteiger partial charge >= 0.3 is 0 Å². The molecule has 0 spiro atoms. The molecule has 1 N–H and O–H groups in total. The topological polar surface area (TPSA) is 68.0 Å². The fraction of sp³-hybridized carbons (Fsp3) is 0.308. The Morgan fingerprint density at radius 2 is 2.00 bits per heavy atom. The second kappa shape index (κ2) is 5.84. The number of rotatable bonds is 4. The van der Waals surface area contributed by atoms with Crippen LogP contribution in [0, 0.1) is 5.92 Å². The highest BCUT2D eigenvalue weighted by Gasteiger charge is 2.11. The van der Waals surface area contributed by atoms with E-state index in [1.165, 1.54) is 0 Å². The van der Waals surface area contributed by atoms with E-state index in [9.17, 15) is 4.79 Å². The van der Waals surface area contributed by atoms with Crippen molar-refractivity contribution in [3.63, 3.8) is 0 Å². The average Bonchev–Trinajstić information content (AvgIpc) is 2.85. The van der Waals surface area contributed by atoms with E-state index in [4.69, 9.17) is 16.0 Å². The van der Waals surface area contributed by atoms with Crippen LogP contribution in [0.2, 0.25) is 5.02 Å². The minimum Gasteiger partial charge on any atom is -0.419 e. The van der Waals surface area contributed by atoms with Gasteiger partial charge in [0.2, 0.25) is 17.7 Å². The molecule has 0 radical (unpaired) electrons. The summed E-state index contributed by atoms with van der Waals surface area (Å²) >= 11 is 5.80. The standard InChI is InChI=1S/C13H14ClN3O2/c1-8(2)12(18)15-7-11-16-17-13(19-11)9-3-5-10(14)6-4-9/h3-6,8H,7H2,1-2H3,(H,15,18). The van der Waals surface area contributed by atoms with Gasteiger partial charge in [0.1, 0.15) is 0 Å². The van der Waals surface area contributed by atoms with E-state index in [0.29, 0.717) is 16.8 Å². The summed E-state index contributed by atoms with van der Waals surface area (Å²) in [4.78, 5) is 11.4. The van der Waals surface area contributed by atoms with Crippen molar-refractivity contribution in [1.82, 2.24) is 15.5 Å². The third-order valence-corrected chi connectivity index (χ3v) is 2.75. The van der Waals surface area contributed by atoms with Crippen molar-refractivity contribution in [3.05, 3.63) is 35.2 Å². The average molecular weight is 280 g/mol. The van der Waals surface area contributed by atoms with Gasteiger partial charge in [-0.1, -0.05) is 25.4 Å². The number of halogens is 1. The molecule has 0 aliphatic heterocycles. The van der Waals surface area contributed by atoms with E-state index >= 15 is 0 Å². The van der Waals surface area contributed by atoms with Gasteiger partial charge in [-0.25, -0.2) is 0 Å². The fourth-order valence-corrected chi connectivity index (χ4v) is 1.53. The quantitative estimate of drug-likeness (QED) is 0.934. The van der Waals surface area contributed by atoms with Crippen molar-refractivity contribution in [3.8, 4) is 11.5 Å². The summed E-state index contributed by atoms with van der Waals surface area (Å²) in [6, 6.07) is 7.10. The normalized spacial score (nSPS) is 10.7. The third-order valence-electron chi connectivity index (χ3n) is 2.50. The van der Waals surface area contributed by atoms with E-state index in [0.717, 1.165) is 5.56 Å². The first-order chi connectivity index (χ1) is 9.06. The minimum atomic E-state index is -0.0707. The molecule has 2 rings (SSSR count). The highest BCUT2D eigenvalue weighted by atomic mass is 35.5. The van der Waals surface area contributed by atoms with Crippen LogP contribution in [0.25, 0.3) is 11.5 Å². The molecule has 5 nitrogen and oxygen atoms in total. The molecule has 0 aliphatic rings. The number of carbonyl (C=O) groups excluding carboxylic acids is 1. The summed E-state index contributed by atoms with van der Waals surface area (Å²) in [5, 5.41) is 11.2. The Morgan fingerprint density at radius 3 is 2.63 bits per heavy atom. The van der Waals surface area contributed by atoms with Gasteiger partial charge in [0.05, 0.1) is 6.54 Å². The SMILES string of the molecule is CC(C)C(=O)NCc1nnc(-c2ccc(Cl)cc2)o1. The minimum absolute atomic E-state index is 0.0498. The summed E-state index contributed by atoms with van der Waals surface area (Å²) in [5.41, 5.74) is 0.790. The third kappa shape index (κ3) is 3.54. The first-order valence-corrected chi connectivity index (χ1v) is 6.30. The zero-order valence-corrected chi connectivity index (χ0v) is 11.4. The molecule has 0 bridgehead atoms. The number of aromatic nitrogens is 2. The molecule has 19 heavy (non-hydrogen) atoms. The number of nitrogens with one attached hydrogen (secondary N) is 1. The van der Waals surface area contributed by atoms with Gasteiger partial charge in [-0.2, -0.15) is 0 Å². The Morgan fingerprint density at radius 1 is 1.32 bits per heavy atom. The van der Waals surface area contributed by atoms with Crippen LogP contribution in [0.5, 0.6) is 0 Å². The maximum Gasteiger partial charge on any atom is 0.247 e. The summed E-state index contributed by atoms with van der Waals surface area (Å²) in [5.74, 6) is 0.661. The predicted octanol–water partition coefficient (Wildman–Crippen LogP) is 2.66. The monoisotopic (exact) mass is 279 g/mol. The van der Waals surface area contributed by atoms with Crippen LogP contribution in [0.3, 0.4) is 0 Å². The van der Waals surface area contributed by atoms with Gasteiger partial charge in [0.25, 0.3) is 0 Å². The lowest BCUT2D eigenvalue weighted by Gasteiger charge is -2.04.